The quantitative estimate of drug-likeness (QED) is 0.354. The van der Waals surface area contributed by atoms with Crippen LogP contribution in [0.25, 0.3) is 0 Å². The van der Waals surface area contributed by atoms with Gasteiger partial charge in [-0.25, -0.2) is 5.43 Å². The van der Waals surface area contributed by atoms with Crippen LogP contribution in [0.4, 0.5) is 0 Å². The molecule has 0 aromatic carbocycles. The van der Waals surface area contributed by atoms with Crippen LogP contribution in [-0.4, -0.2) is 34.9 Å². The minimum Gasteiger partial charge on any atom is -0.394 e. The Morgan fingerprint density at radius 2 is 2.50 bits per heavy atom. The Balaban J connectivity index is 2.59. The van der Waals surface area contributed by atoms with Crippen molar-refractivity contribution in [2.24, 2.45) is 10.8 Å². The Hall–Kier alpha value is -1.99. The third-order valence-corrected chi connectivity index (χ3v) is 1.77. The van der Waals surface area contributed by atoms with Gasteiger partial charge < -0.3 is 15.8 Å². The molecule has 0 unspecified atom stereocenters. The van der Waals surface area contributed by atoms with Crippen LogP contribution >= 0.6 is 0 Å². The maximum Gasteiger partial charge on any atom is 0.259 e. The molecule has 7 heteroatoms. The van der Waals surface area contributed by atoms with Crippen molar-refractivity contribution in [3.63, 3.8) is 0 Å². The number of aromatic nitrogens is 1. The van der Waals surface area contributed by atoms with Gasteiger partial charge in [-0.15, -0.1) is 0 Å². The van der Waals surface area contributed by atoms with Gasteiger partial charge in [-0.2, -0.15) is 5.10 Å². The number of rotatable bonds is 4. The number of nitrogens with one attached hydrogen (secondary N) is 2. The molecule has 0 saturated heterocycles. The van der Waals surface area contributed by atoms with Crippen molar-refractivity contribution in [3.05, 3.63) is 34.2 Å². The molecule has 0 bridgehead atoms. The van der Waals surface area contributed by atoms with Crippen molar-refractivity contribution in [3.8, 4) is 0 Å². The van der Waals surface area contributed by atoms with Crippen molar-refractivity contribution in [2.45, 2.75) is 6.04 Å². The van der Waals surface area contributed by atoms with Crippen molar-refractivity contribution in [1.29, 1.82) is 0 Å². The topological polar surface area (TPSA) is 121 Å². The van der Waals surface area contributed by atoms with Crippen LogP contribution in [0.5, 0.6) is 0 Å². The van der Waals surface area contributed by atoms with Crippen molar-refractivity contribution < 1.29 is 9.90 Å². The Kier molecular flexibility index (Phi) is 4.37. The van der Waals surface area contributed by atoms with E-state index in [0.29, 0.717) is 5.56 Å². The molecule has 5 N–H and O–H groups in total. The molecular formula is C9H12N4O3. The molecule has 0 aliphatic rings. The smallest absolute Gasteiger partial charge is 0.259 e. The molecule has 1 atom stereocenters. The fraction of sp³-hybridized carbons (Fsp3) is 0.222. The summed E-state index contributed by atoms with van der Waals surface area (Å²) in [5, 5.41) is 12.1. The number of hydrogen-bond donors (Lipinski definition) is 4. The van der Waals surface area contributed by atoms with Gasteiger partial charge in [-0.1, -0.05) is 0 Å². The lowest BCUT2D eigenvalue weighted by atomic mass is 10.3. The molecule has 1 aromatic heterocycles. The zero-order valence-corrected chi connectivity index (χ0v) is 8.38. The number of aliphatic hydroxyl groups excluding tert-OH is 1. The summed E-state index contributed by atoms with van der Waals surface area (Å²) in [6.07, 6.45) is 4.13. The second kappa shape index (κ2) is 5.79. The van der Waals surface area contributed by atoms with E-state index in [1.165, 1.54) is 24.7 Å². The van der Waals surface area contributed by atoms with Crippen LogP contribution in [0.3, 0.4) is 0 Å². The number of H-pyrrole nitrogens is 1. The lowest BCUT2D eigenvalue weighted by molar-refractivity contribution is -0.123. The maximum absolute atomic E-state index is 11.2. The standard InChI is InChI=1S/C9H12N4O3/c10-7(5-14)9(16)13-12-4-6-3-11-2-1-8(6)15/h1-4,7,14H,5,10H2,(H,11,15)(H,13,16)/t7-/m0/s1. The highest BCUT2D eigenvalue weighted by atomic mass is 16.3. The predicted octanol–water partition coefficient (Wildman–Crippen LogP) is -1.86. The van der Waals surface area contributed by atoms with Gasteiger partial charge >= 0.3 is 0 Å². The van der Waals surface area contributed by atoms with Gasteiger partial charge in [0, 0.05) is 18.5 Å². The fourth-order valence-electron chi connectivity index (χ4n) is 0.861. The number of amides is 1. The first-order valence-electron chi connectivity index (χ1n) is 4.51. The first-order valence-corrected chi connectivity index (χ1v) is 4.51. The SMILES string of the molecule is N[C@@H](CO)C(=O)NN=Cc1c[nH]ccc1=O. The number of nitrogens with zero attached hydrogens (tertiary/aromatic N) is 1. The van der Waals surface area contributed by atoms with Gasteiger partial charge in [0.05, 0.1) is 18.4 Å². The number of hydrogen-bond acceptors (Lipinski definition) is 5. The van der Waals surface area contributed by atoms with E-state index in [-0.39, 0.29) is 5.43 Å². The number of carbonyl (C=O) groups is 1. The molecule has 0 radical (unpaired) electrons. The summed E-state index contributed by atoms with van der Waals surface area (Å²) in [6, 6.07) is 0.314. The fourth-order valence-corrected chi connectivity index (χ4v) is 0.861. The van der Waals surface area contributed by atoms with Crippen molar-refractivity contribution in [2.75, 3.05) is 6.61 Å². The van der Waals surface area contributed by atoms with Gasteiger partial charge in [0.15, 0.2) is 5.43 Å². The summed E-state index contributed by atoms with van der Waals surface area (Å²) in [7, 11) is 0. The number of carbonyl (C=O) groups excluding carboxylic acids is 1. The minimum atomic E-state index is -1.02. The molecule has 16 heavy (non-hydrogen) atoms. The Morgan fingerprint density at radius 3 is 3.12 bits per heavy atom. The molecule has 0 aliphatic carbocycles. The van der Waals surface area contributed by atoms with E-state index >= 15 is 0 Å². The molecule has 1 aromatic rings. The normalized spacial score (nSPS) is 12.6. The van der Waals surface area contributed by atoms with Crippen LogP contribution in [0.2, 0.25) is 0 Å². The van der Waals surface area contributed by atoms with Gasteiger partial charge in [0.25, 0.3) is 5.91 Å². The van der Waals surface area contributed by atoms with Gasteiger partial charge in [-0.05, 0) is 0 Å². The van der Waals surface area contributed by atoms with Crippen molar-refractivity contribution >= 4 is 12.1 Å². The number of pyridine rings is 1. The first-order chi connectivity index (χ1) is 7.65. The highest BCUT2D eigenvalue weighted by Gasteiger charge is 2.09. The number of aliphatic hydroxyl groups is 1. The summed E-state index contributed by atoms with van der Waals surface area (Å²) < 4.78 is 0. The third kappa shape index (κ3) is 3.30. The van der Waals surface area contributed by atoms with E-state index in [1.54, 1.807) is 0 Å². The zero-order chi connectivity index (χ0) is 12.0. The van der Waals surface area contributed by atoms with E-state index in [1.807, 2.05) is 0 Å². The monoisotopic (exact) mass is 224 g/mol. The van der Waals surface area contributed by atoms with Crippen LogP contribution < -0.4 is 16.6 Å². The van der Waals surface area contributed by atoms with E-state index in [0.717, 1.165) is 0 Å². The van der Waals surface area contributed by atoms with E-state index in [4.69, 9.17) is 10.8 Å². The summed E-state index contributed by atoms with van der Waals surface area (Å²) in [5.74, 6) is -0.619. The van der Waals surface area contributed by atoms with Gasteiger partial charge in [0.2, 0.25) is 0 Å². The third-order valence-electron chi connectivity index (χ3n) is 1.77. The molecule has 1 amide bonds. The predicted molar refractivity (Wildman–Crippen MR) is 57.9 cm³/mol. The summed E-state index contributed by atoms with van der Waals surface area (Å²) in [4.78, 5) is 25.0. The lowest BCUT2D eigenvalue weighted by Gasteiger charge is -2.04. The van der Waals surface area contributed by atoms with E-state index < -0.39 is 18.6 Å². The van der Waals surface area contributed by atoms with E-state index in [2.05, 4.69) is 15.5 Å². The van der Waals surface area contributed by atoms with E-state index in [9.17, 15) is 9.59 Å². The molecule has 0 aliphatic heterocycles. The Morgan fingerprint density at radius 1 is 1.75 bits per heavy atom. The average Bonchev–Trinajstić information content (AvgIpc) is 2.30. The second-order valence-electron chi connectivity index (χ2n) is 2.99. The van der Waals surface area contributed by atoms with Gasteiger partial charge in [0.1, 0.15) is 6.04 Å². The molecule has 0 fully saturated rings. The second-order valence-corrected chi connectivity index (χ2v) is 2.99. The molecule has 7 nitrogen and oxygen atoms in total. The highest BCUT2D eigenvalue weighted by Crippen LogP contribution is 1.82. The van der Waals surface area contributed by atoms with Crippen LogP contribution in [0.1, 0.15) is 5.56 Å². The molecule has 1 heterocycles. The molecule has 86 valence electrons. The van der Waals surface area contributed by atoms with Crippen LogP contribution in [-0.2, 0) is 4.79 Å². The Bertz CT molecular complexity index is 440. The summed E-state index contributed by atoms with van der Waals surface area (Å²) in [6.45, 7) is -0.465. The number of nitrogens with two attached hydrogens (primary N) is 1. The summed E-state index contributed by atoms with van der Waals surface area (Å²) >= 11 is 0. The number of aromatic amines is 1. The highest BCUT2D eigenvalue weighted by molar-refractivity contribution is 5.84. The van der Waals surface area contributed by atoms with Gasteiger partial charge in [-0.3, -0.25) is 9.59 Å². The Labute approximate surface area is 91.0 Å². The number of hydrazone groups is 1. The first kappa shape index (κ1) is 12.1. The molecule has 0 saturated carbocycles. The zero-order valence-electron chi connectivity index (χ0n) is 8.38. The maximum atomic E-state index is 11.2. The van der Waals surface area contributed by atoms with Crippen LogP contribution in [0.15, 0.2) is 28.4 Å². The average molecular weight is 224 g/mol. The molecular weight excluding hydrogens is 212 g/mol. The largest absolute Gasteiger partial charge is 0.394 e. The molecule has 0 spiro atoms. The van der Waals surface area contributed by atoms with Crippen molar-refractivity contribution in [1.82, 2.24) is 10.4 Å². The molecule has 1 rings (SSSR count). The summed E-state index contributed by atoms with van der Waals surface area (Å²) in [5.41, 5.74) is 7.41. The van der Waals surface area contributed by atoms with Crippen LogP contribution in [0, 0.1) is 0 Å². The minimum absolute atomic E-state index is 0.219. The lowest BCUT2D eigenvalue weighted by Crippen LogP contribution is -2.41.